The van der Waals surface area contributed by atoms with Gasteiger partial charge in [-0.25, -0.2) is 0 Å². The Balaban J connectivity index is 2.58. The monoisotopic (exact) mass is 231 g/mol. The van der Waals surface area contributed by atoms with Crippen molar-refractivity contribution in [2.24, 2.45) is 0 Å². The van der Waals surface area contributed by atoms with Crippen molar-refractivity contribution < 1.29 is 0 Å². The average Bonchev–Trinajstić information content (AvgIpc) is 2.04. The fourth-order valence-electron chi connectivity index (χ4n) is 0.851. The first-order valence-electron chi connectivity index (χ1n) is 3.91. The van der Waals surface area contributed by atoms with Crippen molar-refractivity contribution in [1.29, 1.82) is 0 Å². The van der Waals surface area contributed by atoms with Gasteiger partial charge in [0, 0.05) is 10.7 Å². The van der Waals surface area contributed by atoms with Crippen LogP contribution in [-0.2, 0) is 0 Å². The molecule has 0 aromatic heterocycles. The third-order valence-electron chi connectivity index (χ3n) is 1.35. The lowest BCUT2D eigenvalue weighted by Gasteiger charge is -2.05. The Morgan fingerprint density at radius 2 is 2.38 bits per heavy atom. The molecule has 0 amide bonds. The zero-order valence-corrected chi connectivity index (χ0v) is 9.60. The minimum Gasteiger partial charge on any atom is -0.341 e. The summed E-state index contributed by atoms with van der Waals surface area (Å²) in [6.07, 6.45) is 0. The van der Waals surface area contributed by atoms with Crippen molar-refractivity contribution in [2.75, 3.05) is 11.1 Å². The number of thiocarbonyl (C=S) groups is 1. The fraction of sp³-hybridized carbons (Fsp3) is 0.222. The van der Waals surface area contributed by atoms with Crippen LogP contribution in [-0.4, -0.2) is 10.1 Å². The summed E-state index contributed by atoms with van der Waals surface area (Å²) in [5, 5.41) is 3.81. The van der Waals surface area contributed by atoms with Crippen LogP contribution in [0.4, 0.5) is 5.69 Å². The van der Waals surface area contributed by atoms with E-state index in [1.54, 1.807) is 11.8 Å². The molecule has 70 valence electrons. The highest BCUT2D eigenvalue weighted by Gasteiger charge is 1.97. The number of anilines is 1. The van der Waals surface area contributed by atoms with Crippen LogP contribution >= 0.6 is 35.6 Å². The van der Waals surface area contributed by atoms with E-state index < -0.39 is 0 Å². The molecule has 0 aliphatic carbocycles. The van der Waals surface area contributed by atoms with Gasteiger partial charge in [0.2, 0.25) is 0 Å². The number of hydrogen-bond acceptors (Lipinski definition) is 2. The number of benzene rings is 1. The third kappa shape index (κ3) is 3.98. The fourth-order valence-corrected chi connectivity index (χ4v) is 1.97. The van der Waals surface area contributed by atoms with Crippen LogP contribution in [0.1, 0.15) is 6.92 Å². The first-order valence-corrected chi connectivity index (χ1v) is 5.69. The molecule has 0 unspecified atom stereocenters. The van der Waals surface area contributed by atoms with Crippen LogP contribution in [0.2, 0.25) is 5.02 Å². The quantitative estimate of drug-likeness (QED) is 0.778. The molecule has 0 aliphatic rings. The van der Waals surface area contributed by atoms with E-state index in [2.05, 4.69) is 12.2 Å². The topological polar surface area (TPSA) is 12.0 Å². The molecule has 0 saturated carbocycles. The SMILES string of the molecule is CCSC(=S)Nc1cccc(Cl)c1. The molecule has 1 N–H and O–H groups in total. The van der Waals surface area contributed by atoms with Crippen LogP contribution in [0.25, 0.3) is 0 Å². The lowest BCUT2D eigenvalue weighted by molar-refractivity contribution is 1.54. The van der Waals surface area contributed by atoms with Crippen molar-refractivity contribution in [3.05, 3.63) is 29.3 Å². The molecule has 0 heterocycles. The van der Waals surface area contributed by atoms with Crippen LogP contribution in [0.5, 0.6) is 0 Å². The van der Waals surface area contributed by atoms with Gasteiger partial charge in [-0.05, 0) is 24.0 Å². The van der Waals surface area contributed by atoms with Crippen molar-refractivity contribution in [3.8, 4) is 0 Å². The van der Waals surface area contributed by atoms with E-state index in [0.717, 1.165) is 15.8 Å². The maximum atomic E-state index is 5.82. The standard InChI is InChI=1S/C9H10ClNS2/c1-2-13-9(12)11-8-5-3-4-7(10)6-8/h3-6H,2H2,1H3,(H,11,12). The summed E-state index contributed by atoms with van der Waals surface area (Å²) in [5.74, 6) is 0.979. The predicted molar refractivity (Wildman–Crippen MR) is 65.8 cm³/mol. The minimum absolute atomic E-state index is 0.717. The maximum Gasteiger partial charge on any atom is 0.138 e. The molecule has 0 aliphatic heterocycles. The Kier molecular flexibility index (Phi) is 4.56. The lowest BCUT2D eigenvalue weighted by atomic mass is 10.3. The summed E-state index contributed by atoms with van der Waals surface area (Å²) in [4.78, 5) is 0. The highest BCUT2D eigenvalue weighted by Crippen LogP contribution is 2.16. The summed E-state index contributed by atoms with van der Waals surface area (Å²) < 4.78 is 0.782. The van der Waals surface area contributed by atoms with E-state index in [1.165, 1.54) is 0 Å². The molecule has 0 atom stereocenters. The number of thioether (sulfide) groups is 1. The summed E-state index contributed by atoms with van der Waals surface area (Å²) in [6.45, 7) is 2.07. The predicted octanol–water partition coefficient (Wildman–Crippen LogP) is 3.79. The second kappa shape index (κ2) is 5.47. The molecule has 13 heavy (non-hydrogen) atoms. The summed E-state index contributed by atoms with van der Waals surface area (Å²) in [5.41, 5.74) is 0.943. The van der Waals surface area contributed by atoms with Crippen molar-refractivity contribution in [3.63, 3.8) is 0 Å². The van der Waals surface area contributed by atoms with Crippen LogP contribution in [0.15, 0.2) is 24.3 Å². The van der Waals surface area contributed by atoms with E-state index >= 15 is 0 Å². The second-order valence-corrected chi connectivity index (χ2v) is 4.73. The highest BCUT2D eigenvalue weighted by molar-refractivity contribution is 8.23. The van der Waals surface area contributed by atoms with Gasteiger partial charge in [0.15, 0.2) is 0 Å². The molecule has 0 saturated heterocycles. The molecule has 1 nitrogen and oxygen atoms in total. The van der Waals surface area contributed by atoms with Crippen LogP contribution < -0.4 is 5.32 Å². The molecule has 1 aromatic carbocycles. The van der Waals surface area contributed by atoms with Crippen LogP contribution in [0.3, 0.4) is 0 Å². The normalized spacial score (nSPS) is 9.69. The molecule has 1 rings (SSSR count). The smallest absolute Gasteiger partial charge is 0.138 e. The third-order valence-corrected chi connectivity index (χ3v) is 2.69. The Bertz CT molecular complexity index is 301. The Morgan fingerprint density at radius 1 is 1.62 bits per heavy atom. The molecule has 4 heteroatoms. The zero-order chi connectivity index (χ0) is 9.68. The molecule has 0 fully saturated rings. The van der Waals surface area contributed by atoms with Gasteiger partial charge in [0.05, 0.1) is 0 Å². The summed E-state index contributed by atoms with van der Waals surface area (Å²) in [7, 11) is 0. The zero-order valence-electron chi connectivity index (χ0n) is 7.21. The van der Waals surface area contributed by atoms with Gasteiger partial charge in [-0.2, -0.15) is 0 Å². The number of rotatable bonds is 2. The van der Waals surface area contributed by atoms with E-state index in [-0.39, 0.29) is 0 Å². The summed E-state index contributed by atoms with van der Waals surface area (Å²) >= 11 is 12.5. The molecule has 1 aromatic rings. The number of hydrogen-bond donors (Lipinski definition) is 1. The maximum absolute atomic E-state index is 5.82. The summed E-state index contributed by atoms with van der Waals surface area (Å²) in [6, 6.07) is 7.52. The largest absolute Gasteiger partial charge is 0.341 e. The van der Waals surface area contributed by atoms with Gasteiger partial charge < -0.3 is 5.32 Å². The van der Waals surface area contributed by atoms with Gasteiger partial charge >= 0.3 is 0 Å². The van der Waals surface area contributed by atoms with E-state index in [9.17, 15) is 0 Å². The van der Waals surface area contributed by atoms with E-state index in [0.29, 0.717) is 5.02 Å². The van der Waals surface area contributed by atoms with Gasteiger partial charge in [0.25, 0.3) is 0 Å². The van der Waals surface area contributed by atoms with Crippen molar-refractivity contribution in [1.82, 2.24) is 0 Å². The van der Waals surface area contributed by atoms with Gasteiger partial charge in [0.1, 0.15) is 4.32 Å². The molecular formula is C9H10ClNS2. The van der Waals surface area contributed by atoms with Gasteiger partial charge in [-0.1, -0.05) is 48.6 Å². The Labute approximate surface area is 92.9 Å². The van der Waals surface area contributed by atoms with E-state index in [1.807, 2.05) is 24.3 Å². The Morgan fingerprint density at radius 3 is 3.00 bits per heavy atom. The first kappa shape index (κ1) is 10.8. The average molecular weight is 232 g/mol. The lowest BCUT2D eigenvalue weighted by Crippen LogP contribution is -2.04. The minimum atomic E-state index is 0.717. The highest BCUT2D eigenvalue weighted by atomic mass is 35.5. The molecule has 0 radical (unpaired) electrons. The Hall–Kier alpha value is -0.250. The van der Waals surface area contributed by atoms with E-state index in [4.69, 9.17) is 23.8 Å². The second-order valence-electron chi connectivity index (χ2n) is 2.36. The van der Waals surface area contributed by atoms with Gasteiger partial charge in [-0.3, -0.25) is 0 Å². The molecular weight excluding hydrogens is 222 g/mol. The molecule has 0 spiro atoms. The van der Waals surface area contributed by atoms with Gasteiger partial charge in [-0.15, -0.1) is 0 Å². The molecule has 0 bridgehead atoms. The van der Waals surface area contributed by atoms with Crippen molar-refractivity contribution in [2.45, 2.75) is 6.92 Å². The first-order chi connectivity index (χ1) is 6.22. The number of halogens is 1. The van der Waals surface area contributed by atoms with Crippen LogP contribution in [0, 0.1) is 0 Å². The number of nitrogens with one attached hydrogen (secondary N) is 1. The van der Waals surface area contributed by atoms with Crippen molar-refractivity contribution >= 4 is 45.6 Å².